The normalized spacial score (nSPS) is 15.7. The molecule has 0 aromatic heterocycles. The third-order valence-corrected chi connectivity index (χ3v) is 3.12. The summed E-state index contributed by atoms with van der Waals surface area (Å²) < 4.78 is 0. The van der Waals surface area contributed by atoms with E-state index in [0.717, 1.165) is 11.8 Å². The molecular weight excluding hydrogens is 178 g/mol. The minimum absolute atomic E-state index is 0.809. The van der Waals surface area contributed by atoms with Crippen LogP contribution in [0.15, 0.2) is 0 Å². The minimum Gasteiger partial charge on any atom is -0.316 e. The van der Waals surface area contributed by atoms with E-state index in [4.69, 9.17) is 0 Å². The average molecular weight is 203 g/mol. The Bertz CT molecular complexity index is 94.3. The van der Waals surface area contributed by atoms with Gasteiger partial charge in [0.25, 0.3) is 0 Å². The number of hydrogen-bond acceptors (Lipinski definition) is 2. The third-order valence-electron chi connectivity index (χ3n) is 2.22. The maximum Gasteiger partial charge on any atom is -0.00152 e. The van der Waals surface area contributed by atoms with Crippen LogP contribution in [0.25, 0.3) is 0 Å². The van der Waals surface area contributed by atoms with Crippen LogP contribution in [0, 0.1) is 11.8 Å². The van der Waals surface area contributed by atoms with Crippen LogP contribution in [0.5, 0.6) is 0 Å². The van der Waals surface area contributed by atoms with E-state index in [-0.39, 0.29) is 0 Å². The number of rotatable bonds is 8. The molecule has 2 unspecified atom stereocenters. The van der Waals surface area contributed by atoms with Gasteiger partial charge in [-0.1, -0.05) is 27.2 Å². The largest absolute Gasteiger partial charge is 0.316 e. The van der Waals surface area contributed by atoms with Crippen molar-refractivity contribution in [3.05, 3.63) is 0 Å². The Hall–Kier alpha value is 0.310. The lowest BCUT2D eigenvalue weighted by atomic mass is 10.1. The van der Waals surface area contributed by atoms with Crippen molar-refractivity contribution in [3.8, 4) is 0 Å². The molecule has 1 N–H and O–H groups in total. The van der Waals surface area contributed by atoms with Gasteiger partial charge in [-0.3, -0.25) is 0 Å². The van der Waals surface area contributed by atoms with Crippen LogP contribution in [-0.2, 0) is 0 Å². The SMILES string of the molecule is CCCC(C)CNCC(C)CSC. The van der Waals surface area contributed by atoms with Crippen molar-refractivity contribution in [3.63, 3.8) is 0 Å². The molecule has 0 aliphatic rings. The van der Waals surface area contributed by atoms with Gasteiger partial charge in [0, 0.05) is 0 Å². The Morgan fingerprint density at radius 1 is 1.15 bits per heavy atom. The Morgan fingerprint density at radius 2 is 1.77 bits per heavy atom. The highest BCUT2D eigenvalue weighted by Crippen LogP contribution is 2.05. The Morgan fingerprint density at radius 3 is 2.31 bits per heavy atom. The van der Waals surface area contributed by atoms with E-state index in [1.165, 1.54) is 31.7 Å². The van der Waals surface area contributed by atoms with Crippen molar-refractivity contribution in [2.75, 3.05) is 25.1 Å². The molecule has 1 nitrogen and oxygen atoms in total. The first kappa shape index (κ1) is 13.3. The molecule has 0 rings (SSSR count). The molecule has 0 saturated heterocycles. The topological polar surface area (TPSA) is 12.0 Å². The summed E-state index contributed by atoms with van der Waals surface area (Å²) in [7, 11) is 0. The summed E-state index contributed by atoms with van der Waals surface area (Å²) in [5.74, 6) is 2.92. The predicted molar refractivity (Wildman–Crippen MR) is 64.5 cm³/mol. The van der Waals surface area contributed by atoms with E-state index in [0.29, 0.717) is 0 Å². The lowest BCUT2D eigenvalue weighted by Gasteiger charge is -2.14. The van der Waals surface area contributed by atoms with Crippen molar-refractivity contribution < 1.29 is 0 Å². The number of nitrogens with one attached hydrogen (secondary N) is 1. The van der Waals surface area contributed by atoms with Gasteiger partial charge in [0.1, 0.15) is 0 Å². The molecule has 0 bridgehead atoms. The first-order valence-electron chi connectivity index (χ1n) is 5.40. The van der Waals surface area contributed by atoms with E-state index in [9.17, 15) is 0 Å². The monoisotopic (exact) mass is 203 g/mol. The van der Waals surface area contributed by atoms with Gasteiger partial charge in [0.05, 0.1) is 0 Å². The fourth-order valence-corrected chi connectivity index (χ4v) is 2.20. The van der Waals surface area contributed by atoms with Crippen LogP contribution in [0.2, 0.25) is 0 Å². The summed E-state index contributed by atoms with van der Waals surface area (Å²) in [6.45, 7) is 9.26. The number of hydrogen-bond donors (Lipinski definition) is 1. The van der Waals surface area contributed by atoms with Crippen LogP contribution >= 0.6 is 11.8 Å². The molecule has 0 aromatic carbocycles. The van der Waals surface area contributed by atoms with Crippen molar-refractivity contribution in [2.24, 2.45) is 11.8 Å². The molecular formula is C11H25NS. The summed E-state index contributed by atoms with van der Waals surface area (Å²) in [5.41, 5.74) is 0. The highest BCUT2D eigenvalue weighted by atomic mass is 32.2. The van der Waals surface area contributed by atoms with Crippen LogP contribution in [0.4, 0.5) is 0 Å². The molecule has 0 aromatic rings. The molecule has 0 aliphatic carbocycles. The van der Waals surface area contributed by atoms with Gasteiger partial charge in [-0.05, 0) is 43.4 Å². The van der Waals surface area contributed by atoms with Gasteiger partial charge < -0.3 is 5.32 Å². The van der Waals surface area contributed by atoms with Gasteiger partial charge in [0.15, 0.2) is 0 Å². The molecule has 0 spiro atoms. The Labute approximate surface area is 88.1 Å². The zero-order valence-corrected chi connectivity index (χ0v) is 10.4. The van der Waals surface area contributed by atoms with Gasteiger partial charge in [-0.15, -0.1) is 0 Å². The van der Waals surface area contributed by atoms with Gasteiger partial charge in [-0.2, -0.15) is 11.8 Å². The first-order valence-corrected chi connectivity index (χ1v) is 6.79. The first-order chi connectivity index (χ1) is 6.20. The zero-order valence-electron chi connectivity index (χ0n) is 9.60. The van der Waals surface area contributed by atoms with Gasteiger partial charge in [-0.25, -0.2) is 0 Å². The Kier molecular flexibility index (Phi) is 9.10. The molecule has 2 heteroatoms. The van der Waals surface area contributed by atoms with Crippen molar-refractivity contribution in [1.29, 1.82) is 0 Å². The van der Waals surface area contributed by atoms with Gasteiger partial charge in [0.2, 0.25) is 0 Å². The maximum atomic E-state index is 3.54. The highest BCUT2D eigenvalue weighted by molar-refractivity contribution is 7.98. The molecule has 0 radical (unpaired) electrons. The summed E-state index contributed by atoms with van der Waals surface area (Å²) in [4.78, 5) is 0. The van der Waals surface area contributed by atoms with E-state index < -0.39 is 0 Å². The van der Waals surface area contributed by atoms with Crippen LogP contribution < -0.4 is 5.32 Å². The van der Waals surface area contributed by atoms with E-state index >= 15 is 0 Å². The average Bonchev–Trinajstić information content (AvgIpc) is 2.05. The van der Waals surface area contributed by atoms with E-state index in [2.05, 4.69) is 32.3 Å². The van der Waals surface area contributed by atoms with E-state index in [1.807, 2.05) is 11.8 Å². The quantitative estimate of drug-likeness (QED) is 0.651. The molecule has 0 saturated carbocycles. The number of thioether (sulfide) groups is 1. The predicted octanol–water partition coefficient (Wildman–Crippen LogP) is 3.01. The molecule has 80 valence electrons. The van der Waals surface area contributed by atoms with Crippen molar-refractivity contribution >= 4 is 11.8 Å². The van der Waals surface area contributed by atoms with Crippen LogP contribution in [-0.4, -0.2) is 25.1 Å². The summed E-state index contributed by atoms with van der Waals surface area (Å²) >= 11 is 1.94. The lowest BCUT2D eigenvalue weighted by Crippen LogP contribution is -2.27. The van der Waals surface area contributed by atoms with Crippen molar-refractivity contribution in [2.45, 2.75) is 33.6 Å². The second-order valence-electron chi connectivity index (χ2n) is 4.11. The lowest BCUT2D eigenvalue weighted by molar-refractivity contribution is 0.452. The van der Waals surface area contributed by atoms with E-state index in [1.54, 1.807) is 0 Å². The second kappa shape index (κ2) is 8.89. The summed E-state index contributed by atoms with van der Waals surface area (Å²) in [6, 6.07) is 0. The fraction of sp³-hybridized carbons (Fsp3) is 1.00. The molecule has 0 heterocycles. The van der Waals surface area contributed by atoms with Gasteiger partial charge >= 0.3 is 0 Å². The van der Waals surface area contributed by atoms with Crippen molar-refractivity contribution in [1.82, 2.24) is 5.32 Å². The molecule has 2 atom stereocenters. The molecule has 13 heavy (non-hydrogen) atoms. The second-order valence-corrected chi connectivity index (χ2v) is 5.02. The molecule has 0 amide bonds. The maximum absolute atomic E-state index is 3.54. The molecule has 0 aliphatic heterocycles. The Balaban J connectivity index is 3.23. The smallest absolute Gasteiger partial charge is 0.00152 e. The van der Waals surface area contributed by atoms with Crippen LogP contribution in [0.1, 0.15) is 33.6 Å². The summed E-state index contributed by atoms with van der Waals surface area (Å²) in [6.07, 6.45) is 4.84. The summed E-state index contributed by atoms with van der Waals surface area (Å²) in [5, 5.41) is 3.54. The minimum atomic E-state index is 0.809. The fourth-order valence-electron chi connectivity index (χ4n) is 1.51. The standard InChI is InChI=1S/C11H25NS/c1-5-6-10(2)7-12-8-11(3)9-13-4/h10-12H,5-9H2,1-4H3. The molecule has 0 fully saturated rings. The zero-order chi connectivity index (χ0) is 10.1. The third kappa shape index (κ3) is 8.63. The van der Waals surface area contributed by atoms with Crippen LogP contribution in [0.3, 0.4) is 0 Å². The highest BCUT2D eigenvalue weighted by Gasteiger charge is 2.02.